The topological polar surface area (TPSA) is 93.0 Å². The van der Waals surface area contributed by atoms with Gasteiger partial charge in [-0.1, -0.05) is 6.07 Å². The summed E-state index contributed by atoms with van der Waals surface area (Å²) in [6, 6.07) is 4.76. The first-order valence-corrected chi connectivity index (χ1v) is 11.5. The molecule has 2 aromatic rings. The highest BCUT2D eigenvalue weighted by molar-refractivity contribution is 6.08. The van der Waals surface area contributed by atoms with Gasteiger partial charge >= 0.3 is 0 Å². The van der Waals surface area contributed by atoms with Crippen molar-refractivity contribution >= 4 is 23.4 Å². The molecular formula is C24H30FN5O3. The zero-order chi connectivity index (χ0) is 23.5. The van der Waals surface area contributed by atoms with Gasteiger partial charge in [-0.05, 0) is 51.7 Å². The van der Waals surface area contributed by atoms with Gasteiger partial charge in [0.15, 0.2) is 0 Å². The number of fused-ring (bicyclic) bond motifs is 3. The Morgan fingerprint density at radius 3 is 2.61 bits per heavy atom. The molecule has 3 aliphatic rings. The Morgan fingerprint density at radius 1 is 1.18 bits per heavy atom. The molecule has 8 nitrogen and oxygen atoms in total. The van der Waals surface area contributed by atoms with Gasteiger partial charge in [0.1, 0.15) is 11.6 Å². The molecule has 0 saturated carbocycles. The monoisotopic (exact) mass is 455 g/mol. The summed E-state index contributed by atoms with van der Waals surface area (Å²) in [4.78, 5) is 28.2. The Balaban J connectivity index is 1.45. The SMILES string of the molecule is CN1CCCc2c(O)nc(N3CCC4(CC3)C(=O)N(CC(C)(C)O)c3cccc(F)c34)nc21. The zero-order valence-corrected chi connectivity index (χ0v) is 19.3. The predicted molar refractivity (Wildman–Crippen MR) is 123 cm³/mol. The normalized spacial score (nSPS) is 19.8. The molecule has 9 heteroatoms. The molecule has 1 amide bonds. The number of piperidine rings is 1. The number of amides is 1. The minimum atomic E-state index is -1.11. The average molecular weight is 456 g/mol. The van der Waals surface area contributed by atoms with Gasteiger partial charge in [0.2, 0.25) is 17.7 Å². The number of nitrogens with zero attached hydrogens (tertiary/aromatic N) is 5. The minimum absolute atomic E-state index is 0.00604. The highest BCUT2D eigenvalue weighted by Gasteiger charge is 2.54. The second-order valence-corrected chi connectivity index (χ2v) is 10.1. The van der Waals surface area contributed by atoms with Gasteiger partial charge in [-0.3, -0.25) is 4.79 Å². The van der Waals surface area contributed by atoms with E-state index in [1.807, 2.05) is 16.8 Å². The number of carbonyl (C=O) groups excluding carboxylic acids is 1. The highest BCUT2D eigenvalue weighted by atomic mass is 19.1. The van der Waals surface area contributed by atoms with Crippen LogP contribution in [0.5, 0.6) is 5.88 Å². The van der Waals surface area contributed by atoms with E-state index in [4.69, 9.17) is 4.98 Å². The summed E-state index contributed by atoms with van der Waals surface area (Å²) < 4.78 is 15.1. The van der Waals surface area contributed by atoms with E-state index in [2.05, 4.69) is 4.98 Å². The molecule has 1 aromatic heterocycles. The van der Waals surface area contributed by atoms with Gasteiger partial charge in [-0.25, -0.2) is 4.39 Å². The molecular weight excluding hydrogens is 425 g/mol. The van der Waals surface area contributed by atoms with Crippen molar-refractivity contribution in [2.45, 2.75) is 50.5 Å². The summed E-state index contributed by atoms with van der Waals surface area (Å²) in [6.07, 6.45) is 2.50. The first kappa shape index (κ1) is 21.9. The van der Waals surface area contributed by atoms with Crippen LogP contribution in [0.1, 0.15) is 44.2 Å². The summed E-state index contributed by atoms with van der Waals surface area (Å²) in [5.41, 5.74) is -0.348. The van der Waals surface area contributed by atoms with E-state index in [9.17, 15) is 15.0 Å². The fourth-order valence-corrected chi connectivity index (χ4v) is 5.51. The molecule has 0 bridgehead atoms. The first-order chi connectivity index (χ1) is 15.6. The number of hydrogen-bond donors (Lipinski definition) is 2. The molecule has 0 unspecified atom stereocenters. The van der Waals surface area contributed by atoms with Crippen molar-refractivity contribution in [1.29, 1.82) is 0 Å². The first-order valence-electron chi connectivity index (χ1n) is 11.5. The Bertz CT molecular complexity index is 1110. The third kappa shape index (κ3) is 3.49. The van der Waals surface area contributed by atoms with Gasteiger partial charge < -0.3 is 24.9 Å². The smallest absolute Gasteiger partial charge is 0.238 e. The number of rotatable bonds is 3. The van der Waals surface area contributed by atoms with Crippen molar-refractivity contribution in [2.75, 3.05) is 47.9 Å². The highest BCUT2D eigenvalue weighted by Crippen LogP contribution is 2.50. The van der Waals surface area contributed by atoms with Gasteiger partial charge in [-0.2, -0.15) is 9.97 Å². The largest absolute Gasteiger partial charge is 0.493 e. The van der Waals surface area contributed by atoms with E-state index in [0.717, 1.165) is 30.8 Å². The van der Waals surface area contributed by atoms with Crippen LogP contribution in [-0.4, -0.2) is 64.9 Å². The van der Waals surface area contributed by atoms with E-state index >= 15 is 4.39 Å². The van der Waals surface area contributed by atoms with Crippen LogP contribution in [0, 0.1) is 5.82 Å². The van der Waals surface area contributed by atoms with Crippen LogP contribution in [0.4, 0.5) is 21.8 Å². The molecule has 33 heavy (non-hydrogen) atoms. The number of benzene rings is 1. The molecule has 1 spiro atoms. The fourth-order valence-electron chi connectivity index (χ4n) is 5.51. The van der Waals surface area contributed by atoms with E-state index < -0.39 is 16.8 Å². The molecule has 1 fully saturated rings. The quantitative estimate of drug-likeness (QED) is 0.734. The van der Waals surface area contributed by atoms with Crippen LogP contribution < -0.4 is 14.7 Å². The lowest BCUT2D eigenvalue weighted by atomic mass is 9.73. The van der Waals surface area contributed by atoms with Gasteiger partial charge in [0.25, 0.3) is 0 Å². The summed E-state index contributed by atoms with van der Waals surface area (Å²) in [5, 5.41) is 20.9. The third-order valence-corrected chi connectivity index (χ3v) is 7.09. The second kappa shape index (κ2) is 7.55. The van der Waals surface area contributed by atoms with Crippen LogP contribution in [-0.2, 0) is 16.6 Å². The van der Waals surface area contributed by atoms with Crippen LogP contribution in [0.2, 0.25) is 0 Å². The Hall–Kier alpha value is -2.94. The maximum atomic E-state index is 15.1. The molecule has 1 aromatic carbocycles. The minimum Gasteiger partial charge on any atom is -0.493 e. The van der Waals surface area contributed by atoms with Crippen molar-refractivity contribution < 1.29 is 19.4 Å². The van der Waals surface area contributed by atoms with Gasteiger partial charge in [0, 0.05) is 32.2 Å². The Morgan fingerprint density at radius 2 is 1.91 bits per heavy atom. The van der Waals surface area contributed by atoms with Gasteiger partial charge in [0.05, 0.1) is 28.8 Å². The fraction of sp³-hybridized carbons (Fsp3) is 0.542. The molecule has 1 saturated heterocycles. The third-order valence-electron chi connectivity index (χ3n) is 7.09. The van der Waals surface area contributed by atoms with Crippen LogP contribution >= 0.6 is 0 Å². The van der Waals surface area contributed by atoms with Crippen molar-refractivity contribution in [3.05, 3.63) is 35.1 Å². The summed E-state index contributed by atoms with van der Waals surface area (Å²) in [6.45, 7) is 5.17. The molecule has 176 valence electrons. The predicted octanol–water partition coefficient (Wildman–Crippen LogP) is 2.36. The van der Waals surface area contributed by atoms with E-state index in [0.29, 0.717) is 43.1 Å². The van der Waals surface area contributed by atoms with Crippen molar-refractivity contribution in [2.24, 2.45) is 0 Å². The molecule has 3 aliphatic heterocycles. The number of hydrogen-bond acceptors (Lipinski definition) is 7. The summed E-state index contributed by atoms with van der Waals surface area (Å²) in [7, 11) is 1.95. The van der Waals surface area contributed by atoms with Crippen molar-refractivity contribution in [1.82, 2.24) is 9.97 Å². The lowest BCUT2D eigenvalue weighted by Gasteiger charge is -2.39. The van der Waals surface area contributed by atoms with Crippen LogP contribution in [0.25, 0.3) is 0 Å². The molecule has 5 rings (SSSR count). The number of aromatic hydroxyl groups is 1. The number of aliphatic hydroxyl groups is 1. The maximum absolute atomic E-state index is 15.1. The summed E-state index contributed by atoms with van der Waals surface area (Å²) >= 11 is 0. The van der Waals surface area contributed by atoms with Gasteiger partial charge in [-0.15, -0.1) is 0 Å². The average Bonchev–Trinajstić information content (AvgIpc) is 2.97. The zero-order valence-electron chi connectivity index (χ0n) is 19.3. The molecule has 4 heterocycles. The summed E-state index contributed by atoms with van der Waals surface area (Å²) in [5.74, 6) is 0.623. The standard InChI is InChI=1S/C24H30FN5O3/c1-23(2,33)14-30-17-8-4-7-16(25)18(17)24(21(30)32)9-12-29(13-10-24)22-26-19-15(20(31)27-22)6-5-11-28(19)3/h4,7-8,33H,5-6,9-14H2,1-3H3,(H,26,27,31). The Kier molecular flexibility index (Phi) is 5.00. The van der Waals surface area contributed by atoms with Crippen molar-refractivity contribution in [3.8, 4) is 5.88 Å². The van der Waals surface area contributed by atoms with E-state index in [-0.39, 0.29) is 18.3 Å². The number of β-amino-alcohol motifs (C(OH)–C–C–N with tert-alkyl or cyclic N) is 1. The molecule has 0 atom stereocenters. The van der Waals surface area contributed by atoms with Crippen molar-refractivity contribution in [3.63, 3.8) is 0 Å². The lowest BCUT2D eigenvalue weighted by molar-refractivity contribution is -0.124. The maximum Gasteiger partial charge on any atom is 0.238 e. The number of aromatic nitrogens is 2. The molecule has 2 N–H and O–H groups in total. The number of carbonyl (C=O) groups is 1. The van der Waals surface area contributed by atoms with Crippen LogP contribution in [0.3, 0.4) is 0 Å². The number of halogens is 1. The van der Waals surface area contributed by atoms with E-state index in [1.165, 1.54) is 11.0 Å². The second-order valence-electron chi connectivity index (χ2n) is 10.1. The van der Waals surface area contributed by atoms with E-state index in [1.54, 1.807) is 26.0 Å². The molecule has 0 aliphatic carbocycles. The number of anilines is 3. The lowest BCUT2D eigenvalue weighted by Crippen LogP contribution is -2.51. The Labute approximate surface area is 192 Å². The molecule has 0 radical (unpaired) electrons. The van der Waals surface area contributed by atoms with Crippen LogP contribution in [0.15, 0.2) is 18.2 Å².